The van der Waals surface area contributed by atoms with Gasteiger partial charge in [0.1, 0.15) is 17.2 Å². The lowest BCUT2D eigenvalue weighted by Crippen LogP contribution is -2.46. The number of aromatic nitrogens is 1. The number of carbonyl (C=O) groups excluding carboxylic acids is 2. The van der Waals surface area contributed by atoms with Crippen LogP contribution in [0, 0.1) is 6.92 Å². The summed E-state index contributed by atoms with van der Waals surface area (Å²) < 4.78 is 16.3. The molecule has 2 heterocycles. The smallest absolute Gasteiger partial charge is 0.268 e. The van der Waals surface area contributed by atoms with Crippen molar-refractivity contribution in [3.63, 3.8) is 0 Å². The largest absolute Gasteiger partial charge is 0.497 e. The second-order valence-electron chi connectivity index (χ2n) is 7.11. The predicted octanol–water partition coefficient (Wildman–Crippen LogP) is 4.13. The van der Waals surface area contributed by atoms with Crippen LogP contribution in [0.25, 0.3) is 11.3 Å². The van der Waals surface area contributed by atoms with Crippen LogP contribution in [0.15, 0.2) is 41.8 Å². The summed E-state index contributed by atoms with van der Waals surface area (Å²) in [5, 5.41) is 2.91. The van der Waals surface area contributed by atoms with E-state index in [1.807, 2.05) is 30.5 Å². The molecule has 0 aliphatic carbocycles. The van der Waals surface area contributed by atoms with Crippen LogP contribution in [0.3, 0.4) is 0 Å². The molecule has 0 saturated heterocycles. The molecule has 1 atom stereocenters. The van der Waals surface area contributed by atoms with Gasteiger partial charge in [0, 0.05) is 17.0 Å². The van der Waals surface area contributed by atoms with Crippen LogP contribution in [0.1, 0.15) is 22.3 Å². The van der Waals surface area contributed by atoms with E-state index in [9.17, 15) is 9.59 Å². The maximum Gasteiger partial charge on any atom is 0.268 e. The normalized spacial score (nSPS) is 15.3. The Morgan fingerprint density at radius 3 is 2.68 bits per heavy atom. The number of ketones is 1. The highest BCUT2D eigenvalue weighted by Crippen LogP contribution is 2.38. The number of amides is 1. The number of thiazole rings is 1. The third kappa shape index (κ3) is 3.98. The zero-order valence-corrected chi connectivity index (χ0v) is 18.5. The van der Waals surface area contributed by atoms with E-state index in [0.717, 1.165) is 16.3 Å². The molecule has 0 N–H and O–H groups in total. The third-order valence-corrected chi connectivity index (χ3v) is 5.87. The molecule has 1 aliphatic rings. The molecule has 1 aliphatic heterocycles. The summed E-state index contributed by atoms with van der Waals surface area (Å²) in [6.07, 6.45) is -0.689. The molecular weight excluding hydrogens is 416 g/mol. The number of hydrogen-bond acceptors (Lipinski definition) is 7. The lowest BCUT2D eigenvalue weighted by molar-refractivity contribution is -0.125. The van der Waals surface area contributed by atoms with E-state index in [2.05, 4.69) is 4.98 Å². The summed E-state index contributed by atoms with van der Waals surface area (Å²) in [5.41, 5.74) is 2.60. The lowest BCUT2D eigenvalue weighted by atomic mass is 10.1. The molecule has 8 heteroatoms. The van der Waals surface area contributed by atoms with Crippen molar-refractivity contribution < 1.29 is 23.8 Å². The highest BCUT2D eigenvalue weighted by Gasteiger charge is 2.33. The van der Waals surface area contributed by atoms with Crippen LogP contribution < -0.4 is 19.1 Å². The monoisotopic (exact) mass is 438 g/mol. The van der Waals surface area contributed by atoms with Gasteiger partial charge in [-0.05, 0) is 44.2 Å². The van der Waals surface area contributed by atoms with Gasteiger partial charge in [0.2, 0.25) is 0 Å². The second kappa shape index (κ2) is 8.39. The van der Waals surface area contributed by atoms with E-state index in [4.69, 9.17) is 14.2 Å². The van der Waals surface area contributed by atoms with Gasteiger partial charge in [-0.15, -0.1) is 11.3 Å². The Hall–Kier alpha value is -3.39. The van der Waals surface area contributed by atoms with E-state index < -0.39 is 6.10 Å². The molecule has 0 spiro atoms. The molecule has 3 aromatic rings. The number of Topliss-reactive ketones (excluding diaryl/α,β-unsaturated/α-hetero) is 1. The first-order valence-electron chi connectivity index (χ1n) is 9.71. The lowest BCUT2D eigenvalue weighted by Gasteiger charge is -2.33. The van der Waals surface area contributed by atoms with Crippen molar-refractivity contribution in [1.29, 1.82) is 0 Å². The maximum atomic E-state index is 13.1. The van der Waals surface area contributed by atoms with Crippen LogP contribution in [-0.4, -0.2) is 43.5 Å². The Labute approximate surface area is 184 Å². The molecule has 1 unspecified atom stereocenters. The summed E-state index contributed by atoms with van der Waals surface area (Å²) >= 11 is 1.55. The van der Waals surface area contributed by atoms with E-state index >= 15 is 0 Å². The van der Waals surface area contributed by atoms with Crippen molar-refractivity contribution in [3.8, 4) is 28.5 Å². The van der Waals surface area contributed by atoms with Crippen molar-refractivity contribution >= 4 is 28.7 Å². The van der Waals surface area contributed by atoms with Gasteiger partial charge in [0.05, 0.1) is 42.7 Å². The number of benzene rings is 2. The first-order chi connectivity index (χ1) is 14.9. The molecule has 7 nitrogen and oxygen atoms in total. The van der Waals surface area contributed by atoms with Crippen LogP contribution in [0.5, 0.6) is 17.2 Å². The van der Waals surface area contributed by atoms with Crippen molar-refractivity contribution in [2.75, 3.05) is 25.7 Å². The SMILES string of the molecule is COc1ccc(C(=O)CN2C(=O)C(C)Oc3ccc(-c4csc(C)n4)cc32)c(OC)c1. The Kier molecular flexibility index (Phi) is 5.65. The van der Waals surface area contributed by atoms with E-state index in [1.165, 1.54) is 12.0 Å². The first-order valence-corrected chi connectivity index (χ1v) is 10.6. The molecule has 1 amide bonds. The number of nitrogens with zero attached hydrogens (tertiary/aromatic N) is 2. The van der Waals surface area contributed by atoms with Gasteiger partial charge in [0.25, 0.3) is 5.91 Å². The maximum absolute atomic E-state index is 13.1. The Balaban J connectivity index is 1.70. The van der Waals surface area contributed by atoms with E-state index in [-0.39, 0.29) is 18.2 Å². The van der Waals surface area contributed by atoms with Gasteiger partial charge < -0.3 is 14.2 Å². The number of aryl methyl sites for hydroxylation is 1. The van der Waals surface area contributed by atoms with E-state index in [0.29, 0.717) is 28.5 Å². The number of anilines is 1. The van der Waals surface area contributed by atoms with Crippen molar-refractivity contribution in [1.82, 2.24) is 4.98 Å². The van der Waals surface area contributed by atoms with E-state index in [1.54, 1.807) is 43.6 Å². The number of carbonyl (C=O) groups is 2. The van der Waals surface area contributed by atoms with Gasteiger partial charge in [-0.2, -0.15) is 0 Å². The average molecular weight is 439 g/mol. The van der Waals surface area contributed by atoms with Crippen molar-refractivity contribution in [3.05, 3.63) is 52.3 Å². The molecule has 160 valence electrons. The molecular formula is C23H22N2O5S. The third-order valence-electron chi connectivity index (χ3n) is 5.09. The van der Waals surface area contributed by atoms with Gasteiger partial charge >= 0.3 is 0 Å². The second-order valence-corrected chi connectivity index (χ2v) is 8.17. The Morgan fingerprint density at radius 1 is 1.19 bits per heavy atom. The minimum absolute atomic E-state index is 0.137. The minimum atomic E-state index is -0.689. The summed E-state index contributed by atoms with van der Waals surface area (Å²) in [4.78, 5) is 32.1. The number of rotatable bonds is 6. The Bertz CT molecular complexity index is 1160. The number of ether oxygens (including phenoxy) is 3. The molecule has 0 fully saturated rings. The fourth-order valence-electron chi connectivity index (χ4n) is 3.48. The number of methoxy groups -OCH3 is 2. The Morgan fingerprint density at radius 2 is 2.00 bits per heavy atom. The predicted molar refractivity (Wildman–Crippen MR) is 119 cm³/mol. The molecule has 0 saturated carbocycles. The molecule has 0 bridgehead atoms. The van der Waals surface area contributed by atoms with Crippen molar-refractivity contribution in [2.24, 2.45) is 0 Å². The molecule has 31 heavy (non-hydrogen) atoms. The van der Waals surface area contributed by atoms with Crippen LogP contribution >= 0.6 is 11.3 Å². The highest BCUT2D eigenvalue weighted by molar-refractivity contribution is 7.09. The molecule has 0 radical (unpaired) electrons. The minimum Gasteiger partial charge on any atom is -0.497 e. The molecule has 1 aromatic heterocycles. The standard InChI is InChI=1S/C23H22N2O5S/c1-13-23(27)25(11-20(26)17-7-6-16(28-3)10-22(17)29-4)19-9-15(5-8-21(19)30-13)18-12-31-14(2)24-18/h5-10,12-13H,11H2,1-4H3. The number of fused-ring (bicyclic) bond motifs is 1. The summed E-state index contributed by atoms with van der Waals surface area (Å²) in [6.45, 7) is 3.48. The average Bonchev–Trinajstić information content (AvgIpc) is 3.22. The summed E-state index contributed by atoms with van der Waals surface area (Å²) in [7, 11) is 3.04. The fourth-order valence-corrected chi connectivity index (χ4v) is 4.11. The fraction of sp³-hybridized carbons (Fsp3) is 0.261. The van der Waals surface area contributed by atoms with Crippen LogP contribution in [-0.2, 0) is 4.79 Å². The zero-order valence-electron chi connectivity index (χ0n) is 17.7. The van der Waals surface area contributed by atoms with Gasteiger partial charge in [-0.25, -0.2) is 4.98 Å². The van der Waals surface area contributed by atoms with Crippen LogP contribution in [0.2, 0.25) is 0 Å². The summed E-state index contributed by atoms with van der Waals surface area (Å²) in [5.74, 6) is 1.00. The topological polar surface area (TPSA) is 78.0 Å². The quantitative estimate of drug-likeness (QED) is 0.539. The van der Waals surface area contributed by atoms with Gasteiger partial charge in [-0.3, -0.25) is 14.5 Å². The van der Waals surface area contributed by atoms with Gasteiger partial charge in [0.15, 0.2) is 11.9 Å². The highest BCUT2D eigenvalue weighted by atomic mass is 32.1. The molecule has 4 rings (SSSR count). The van der Waals surface area contributed by atoms with Crippen molar-refractivity contribution in [2.45, 2.75) is 20.0 Å². The van der Waals surface area contributed by atoms with Crippen LogP contribution in [0.4, 0.5) is 5.69 Å². The number of hydrogen-bond donors (Lipinski definition) is 0. The zero-order chi connectivity index (χ0) is 22.1. The van der Waals surface area contributed by atoms with Gasteiger partial charge in [-0.1, -0.05) is 0 Å². The summed E-state index contributed by atoms with van der Waals surface area (Å²) in [6, 6.07) is 10.5. The first kappa shape index (κ1) is 20.9. The molecule has 2 aromatic carbocycles.